The van der Waals surface area contributed by atoms with Gasteiger partial charge in [0.05, 0.1) is 0 Å². The third-order valence-electron chi connectivity index (χ3n) is 1.12. The molecular weight excluding hydrogens is 203 g/mol. The molecule has 0 radical (unpaired) electrons. The highest BCUT2D eigenvalue weighted by molar-refractivity contribution is 6.49. The Morgan fingerprint density at radius 1 is 1.67 bits per heavy atom. The Balaban J connectivity index is 0.000000202. The molecule has 1 rings (SSSR count). The normalized spacial score (nSPS) is 23.5. The molecule has 1 fully saturated rings. The van der Waals surface area contributed by atoms with Crippen LogP contribution in [0.1, 0.15) is 13.8 Å². The summed E-state index contributed by atoms with van der Waals surface area (Å²) in [4.78, 5) is 9.60. The van der Waals surface area contributed by atoms with Gasteiger partial charge in [-0.05, 0) is 13.8 Å². The molecule has 1 saturated heterocycles. The predicted molar refractivity (Wildman–Crippen MR) is 47.4 cm³/mol. The second kappa shape index (κ2) is 4.12. The van der Waals surface area contributed by atoms with E-state index >= 15 is 0 Å². The van der Waals surface area contributed by atoms with E-state index in [1.165, 1.54) is 6.92 Å². The van der Waals surface area contributed by atoms with E-state index in [0.717, 1.165) is 0 Å². The number of carboxylic acid groups (broad SMARTS) is 1. The minimum Gasteiger partial charge on any atom is -0.478 e. The van der Waals surface area contributed by atoms with Crippen LogP contribution in [0.2, 0.25) is 0 Å². The Labute approximate surface area is 80.9 Å². The van der Waals surface area contributed by atoms with Gasteiger partial charge >= 0.3 is 5.97 Å². The Kier molecular flexibility index (Phi) is 4.03. The average molecular weight is 213 g/mol. The van der Waals surface area contributed by atoms with E-state index in [9.17, 15) is 4.79 Å². The molecule has 0 saturated carbocycles. The molecule has 3 nitrogen and oxygen atoms in total. The predicted octanol–water partition coefficient (Wildman–Crippen LogP) is 2.18. The Hall–Kier alpha value is -0.250. The van der Waals surface area contributed by atoms with E-state index in [0.29, 0.717) is 0 Å². The van der Waals surface area contributed by atoms with Gasteiger partial charge in [0, 0.05) is 5.57 Å². The standard InChI is InChI=1S/C4H6O2.C3H4Cl2O/c1-3(2)4(5)6;1-2-3(4,5)6-2/h1H2,2H3,(H,5,6);2H,1H3. The van der Waals surface area contributed by atoms with E-state index < -0.39 is 10.5 Å². The van der Waals surface area contributed by atoms with Gasteiger partial charge < -0.3 is 9.84 Å². The number of hydrogen-bond acceptors (Lipinski definition) is 2. The van der Waals surface area contributed by atoms with Crippen LogP contribution in [0.3, 0.4) is 0 Å². The van der Waals surface area contributed by atoms with Gasteiger partial charge in [-0.15, -0.1) is 0 Å². The van der Waals surface area contributed by atoms with Crippen molar-refractivity contribution < 1.29 is 14.6 Å². The highest BCUT2D eigenvalue weighted by Gasteiger charge is 2.50. The Morgan fingerprint density at radius 3 is 1.83 bits per heavy atom. The van der Waals surface area contributed by atoms with Gasteiger partial charge in [-0.25, -0.2) is 4.79 Å². The van der Waals surface area contributed by atoms with Crippen molar-refractivity contribution in [3.05, 3.63) is 12.2 Å². The van der Waals surface area contributed by atoms with Crippen molar-refractivity contribution in [3.8, 4) is 0 Å². The fourth-order valence-corrected chi connectivity index (χ4v) is 0.469. The first-order valence-corrected chi connectivity index (χ1v) is 3.97. The molecule has 0 aromatic rings. The summed E-state index contributed by atoms with van der Waals surface area (Å²) in [5.41, 5.74) is 0.176. The lowest BCUT2D eigenvalue weighted by Gasteiger charge is -1.79. The fraction of sp³-hybridized carbons (Fsp3) is 0.571. The van der Waals surface area contributed by atoms with E-state index in [4.69, 9.17) is 28.3 Å². The molecule has 0 aromatic carbocycles. The first-order valence-electron chi connectivity index (χ1n) is 3.22. The molecule has 12 heavy (non-hydrogen) atoms. The quantitative estimate of drug-likeness (QED) is 0.412. The van der Waals surface area contributed by atoms with Crippen molar-refractivity contribution in [1.82, 2.24) is 0 Å². The lowest BCUT2D eigenvalue weighted by Crippen LogP contribution is -1.92. The monoisotopic (exact) mass is 212 g/mol. The van der Waals surface area contributed by atoms with Crippen molar-refractivity contribution >= 4 is 29.2 Å². The molecule has 1 aliphatic rings. The molecule has 1 heterocycles. The number of carbonyl (C=O) groups is 1. The van der Waals surface area contributed by atoms with Crippen molar-refractivity contribution in [3.63, 3.8) is 0 Å². The molecule has 5 heteroatoms. The number of alkyl halides is 2. The van der Waals surface area contributed by atoms with Gasteiger partial charge in [0.1, 0.15) is 6.10 Å². The summed E-state index contributed by atoms with van der Waals surface area (Å²) in [6.45, 7) is 6.42. The van der Waals surface area contributed by atoms with Gasteiger partial charge in [0.2, 0.25) is 4.52 Å². The maximum absolute atomic E-state index is 9.60. The molecule has 0 aliphatic carbocycles. The van der Waals surface area contributed by atoms with Crippen LogP contribution < -0.4 is 0 Å². The molecular formula is C7H10Cl2O3. The molecule has 1 atom stereocenters. The number of rotatable bonds is 1. The second-order valence-electron chi connectivity index (χ2n) is 2.41. The number of ether oxygens (including phenoxy) is 1. The zero-order valence-electron chi connectivity index (χ0n) is 6.80. The van der Waals surface area contributed by atoms with Crippen LogP contribution in [0, 0.1) is 0 Å². The van der Waals surface area contributed by atoms with E-state index in [1.54, 1.807) is 0 Å². The first-order chi connectivity index (χ1) is 5.27. The minimum absolute atomic E-state index is 0.0285. The van der Waals surface area contributed by atoms with Gasteiger partial charge in [0.25, 0.3) is 0 Å². The first kappa shape index (κ1) is 11.8. The summed E-state index contributed by atoms with van der Waals surface area (Å²) in [7, 11) is 0. The maximum Gasteiger partial charge on any atom is 0.330 e. The van der Waals surface area contributed by atoms with E-state index in [1.807, 2.05) is 6.92 Å². The lowest BCUT2D eigenvalue weighted by molar-refractivity contribution is -0.132. The van der Waals surface area contributed by atoms with Crippen LogP contribution in [0.25, 0.3) is 0 Å². The summed E-state index contributed by atoms with van der Waals surface area (Å²) < 4.78 is 3.79. The summed E-state index contributed by atoms with van der Waals surface area (Å²) in [5.74, 6) is -0.935. The number of epoxide rings is 1. The third kappa shape index (κ3) is 4.59. The van der Waals surface area contributed by atoms with Crippen LogP contribution in [0.5, 0.6) is 0 Å². The van der Waals surface area contributed by atoms with Crippen LogP contribution in [0.15, 0.2) is 12.2 Å². The highest BCUT2D eigenvalue weighted by atomic mass is 35.5. The molecule has 0 spiro atoms. The number of halogens is 2. The maximum atomic E-state index is 9.60. The topological polar surface area (TPSA) is 49.8 Å². The summed E-state index contributed by atoms with van der Waals surface area (Å²) in [5, 5.41) is 7.89. The molecule has 0 bridgehead atoms. The summed E-state index contributed by atoms with van der Waals surface area (Å²) >= 11 is 10.7. The van der Waals surface area contributed by atoms with Crippen molar-refractivity contribution in [2.24, 2.45) is 0 Å². The zero-order valence-corrected chi connectivity index (χ0v) is 8.32. The Morgan fingerprint density at radius 2 is 1.83 bits per heavy atom. The summed E-state index contributed by atoms with van der Waals surface area (Å²) in [6, 6.07) is 0. The number of hydrogen-bond donors (Lipinski definition) is 1. The number of carboxylic acids is 1. The third-order valence-corrected chi connectivity index (χ3v) is 1.91. The smallest absolute Gasteiger partial charge is 0.330 e. The molecule has 1 aliphatic heterocycles. The van der Waals surface area contributed by atoms with Crippen molar-refractivity contribution in [2.75, 3.05) is 0 Å². The van der Waals surface area contributed by atoms with Crippen molar-refractivity contribution in [1.29, 1.82) is 0 Å². The number of aliphatic carboxylic acids is 1. The van der Waals surface area contributed by atoms with E-state index in [-0.39, 0.29) is 11.7 Å². The summed E-state index contributed by atoms with van der Waals surface area (Å²) in [6.07, 6.45) is 0.0285. The van der Waals surface area contributed by atoms with Gasteiger partial charge in [-0.1, -0.05) is 29.8 Å². The van der Waals surface area contributed by atoms with E-state index in [2.05, 4.69) is 11.3 Å². The molecule has 0 aromatic heterocycles. The zero-order chi connectivity index (χ0) is 9.94. The van der Waals surface area contributed by atoms with Crippen molar-refractivity contribution in [2.45, 2.75) is 24.5 Å². The van der Waals surface area contributed by atoms with Gasteiger partial charge in [-0.3, -0.25) is 0 Å². The van der Waals surface area contributed by atoms with Crippen LogP contribution in [0.4, 0.5) is 0 Å². The second-order valence-corrected chi connectivity index (χ2v) is 3.72. The van der Waals surface area contributed by atoms with Crippen LogP contribution in [-0.4, -0.2) is 21.7 Å². The van der Waals surface area contributed by atoms with Gasteiger partial charge in [-0.2, -0.15) is 0 Å². The minimum atomic E-state index is -0.935. The fourth-order valence-electron chi connectivity index (χ4n) is 0.202. The lowest BCUT2D eigenvalue weighted by atomic mass is 10.4. The van der Waals surface area contributed by atoms with Crippen LogP contribution in [-0.2, 0) is 9.53 Å². The largest absolute Gasteiger partial charge is 0.478 e. The highest BCUT2D eigenvalue weighted by Crippen LogP contribution is 2.43. The van der Waals surface area contributed by atoms with Crippen LogP contribution >= 0.6 is 23.2 Å². The molecule has 0 amide bonds. The SMILES string of the molecule is C=C(C)C(=O)O.CC1OC1(Cl)Cl. The molecule has 1 N–H and O–H groups in total. The average Bonchev–Trinajstić information content (AvgIpc) is 2.38. The molecule has 70 valence electrons. The van der Waals surface area contributed by atoms with Gasteiger partial charge in [0.15, 0.2) is 0 Å². The Bertz CT molecular complexity index is 189. The molecule has 1 unspecified atom stereocenters.